The Morgan fingerprint density at radius 2 is 2.22 bits per heavy atom. The molecule has 2 heterocycles. The highest BCUT2D eigenvalue weighted by Crippen LogP contribution is 2.17. The Bertz CT molecular complexity index is 446. The number of aryl methyl sites for hydroxylation is 2. The van der Waals surface area contributed by atoms with Crippen molar-refractivity contribution in [2.75, 3.05) is 20.1 Å². The Labute approximate surface area is 108 Å². The van der Waals surface area contributed by atoms with Crippen LogP contribution in [0.3, 0.4) is 0 Å². The fraction of sp³-hybridized carbons (Fsp3) is 0.692. The van der Waals surface area contributed by atoms with Gasteiger partial charge in [-0.1, -0.05) is 0 Å². The van der Waals surface area contributed by atoms with E-state index in [1.807, 2.05) is 32.8 Å². The normalized spacial score (nSPS) is 19.9. The maximum Gasteiger partial charge on any atom is 0.257 e. The lowest BCUT2D eigenvalue weighted by Crippen LogP contribution is -2.46. The Hall–Kier alpha value is -1.36. The molecule has 0 radical (unpaired) electrons. The Kier molecular flexibility index (Phi) is 3.71. The van der Waals surface area contributed by atoms with Gasteiger partial charge in [-0.3, -0.25) is 9.48 Å². The van der Waals surface area contributed by atoms with Crippen molar-refractivity contribution >= 4 is 5.91 Å². The minimum atomic E-state index is 0.0896. The quantitative estimate of drug-likeness (QED) is 0.847. The van der Waals surface area contributed by atoms with Gasteiger partial charge < -0.3 is 10.2 Å². The summed E-state index contributed by atoms with van der Waals surface area (Å²) in [5.74, 6) is 0.0896. The molecule has 1 fully saturated rings. The van der Waals surface area contributed by atoms with E-state index < -0.39 is 0 Å². The summed E-state index contributed by atoms with van der Waals surface area (Å²) in [7, 11) is 3.77. The molecule has 0 aliphatic carbocycles. The highest BCUT2D eigenvalue weighted by atomic mass is 16.2. The summed E-state index contributed by atoms with van der Waals surface area (Å²) in [6.07, 6.45) is 2.21. The molecule has 1 unspecified atom stereocenters. The lowest BCUT2D eigenvalue weighted by atomic mass is 10.0. The zero-order valence-corrected chi connectivity index (χ0v) is 11.7. The van der Waals surface area contributed by atoms with Gasteiger partial charge in [0.15, 0.2) is 0 Å². The first kappa shape index (κ1) is 13.1. The molecule has 1 amide bonds. The zero-order chi connectivity index (χ0) is 13.3. The monoisotopic (exact) mass is 250 g/mol. The van der Waals surface area contributed by atoms with Crippen LogP contribution in [0.25, 0.3) is 0 Å². The summed E-state index contributed by atoms with van der Waals surface area (Å²) in [4.78, 5) is 14.4. The van der Waals surface area contributed by atoms with E-state index in [1.165, 1.54) is 0 Å². The molecule has 1 aromatic heterocycles. The van der Waals surface area contributed by atoms with E-state index >= 15 is 0 Å². The van der Waals surface area contributed by atoms with E-state index in [0.717, 1.165) is 42.9 Å². The molecular formula is C13H22N4O. The number of rotatable bonds is 2. The first-order valence-corrected chi connectivity index (χ1v) is 6.50. The van der Waals surface area contributed by atoms with Crippen LogP contribution in [0, 0.1) is 13.8 Å². The smallest absolute Gasteiger partial charge is 0.257 e. The van der Waals surface area contributed by atoms with Gasteiger partial charge in [0.25, 0.3) is 5.91 Å². The van der Waals surface area contributed by atoms with E-state index in [0.29, 0.717) is 6.04 Å². The van der Waals surface area contributed by atoms with Crippen molar-refractivity contribution in [3.63, 3.8) is 0 Å². The number of nitrogens with zero attached hydrogens (tertiary/aromatic N) is 3. The zero-order valence-electron chi connectivity index (χ0n) is 11.7. The fourth-order valence-electron chi connectivity index (χ4n) is 2.59. The largest absolute Gasteiger partial charge is 0.337 e. The molecule has 1 aliphatic heterocycles. The predicted octanol–water partition coefficient (Wildman–Crippen LogP) is 0.861. The van der Waals surface area contributed by atoms with Crippen molar-refractivity contribution in [3.05, 3.63) is 17.0 Å². The molecule has 1 N–H and O–H groups in total. The van der Waals surface area contributed by atoms with Crippen molar-refractivity contribution in [1.82, 2.24) is 20.0 Å². The van der Waals surface area contributed by atoms with Gasteiger partial charge in [0.2, 0.25) is 0 Å². The molecule has 1 aromatic rings. The molecule has 100 valence electrons. The number of carbonyl (C=O) groups excluding carboxylic acids is 1. The van der Waals surface area contributed by atoms with Crippen molar-refractivity contribution in [1.29, 1.82) is 0 Å². The van der Waals surface area contributed by atoms with Gasteiger partial charge in [-0.2, -0.15) is 5.10 Å². The standard InChI is InChI=1S/C13H22N4O/c1-9-12(10(2)17(4)15-9)13(18)16(3)11-6-5-7-14-8-11/h11,14H,5-8H2,1-4H3. The number of likely N-dealkylation sites (N-methyl/N-ethyl adjacent to an activating group) is 1. The van der Waals surface area contributed by atoms with E-state index in [-0.39, 0.29) is 5.91 Å². The lowest BCUT2D eigenvalue weighted by molar-refractivity contribution is 0.0706. The first-order valence-electron chi connectivity index (χ1n) is 6.50. The molecule has 2 rings (SSSR count). The van der Waals surface area contributed by atoms with Crippen molar-refractivity contribution in [2.45, 2.75) is 32.7 Å². The third-order valence-electron chi connectivity index (χ3n) is 3.86. The van der Waals surface area contributed by atoms with Crippen LogP contribution in [-0.2, 0) is 7.05 Å². The molecule has 5 heteroatoms. The average molecular weight is 250 g/mol. The summed E-state index contributed by atoms with van der Waals surface area (Å²) in [6, 6.07) is 0.297. The molecule has 5 nitrogen and oxygen atoms in total. The summed E-state index contributed by atoms with van der Waals surface area (Å²) in [5, 5.41) is 7.65. The predicted molar refractivity (Wildman–Crippen MR) is 70.7 cm³/mol. The second-order valence-corrected chi connectivity index (χ2v) is 5.09. The van der Waals surface area contributed by atoms with E-state index in [4.69, 9.17) is 0 Å². The lowest BCUT2D eigenvalue weighted by Gasteiger charge is -2.31. The molecule has 1 atom stereocenters. The van der Waals surface area contributed by atoms with Gasteiger partial charge in [0.05, 0.1) is 11.3 Å². The van der Waals surface area contributed by atoms with Crippen LogP contribution in [0.15, 0.2) is 0 Å². The van der Waals surface area contributed by atoms with E-state index in [9.17, 15) is 4.79 Å². The first-order chi connectivity index (χ1) is 8.52. The Morgan fingerprint density at radius 3 is 2.72 bits per heavy atom. The number of aromatic nitrogens is 2. The van der Waals surface area contributed by atoms with Crippen LogP contribution >= 0.6 is 0 Å². The van der Waals surface area contributed by atoms with Crippen LogP contribution in [0.1, 0.15) is 34.6 Å². The van der Waals surface area contributed by atoms with Gasteiger partial charge in [0, 0.05) is 32.4 Å². The minimum Gasteiger partial charge on any atom is -0.337 e. The number of hydrogen-bond acceptors (Lipinski definition) is 3. The fourth-order valence-corrected chi connectivity index (χ4v) is 2.59. The highest BCUT2D eigenvalue weighted by Gasteiger charge is 2.26. The topological polar surface area (TPSA) is 50.2 Å². The van der Waals surface area contributed by atoms with Crippen molar-refractivity contribution < 1.29 is 4.79 Å². The summed E-state index contributed by atoms with van der Waals surface area (Å²) in [6.45, 7) is 5.79. The number of amides is 1. The molecular weight excluding hydrogens is 228 g/mol. The highest BCUT2D eigenvalue weighted by molar-refractivity contribution is 5.96. The van der Waals surface area contributed by atoms with Crippen LogP contribution in [0.4, 0.5) is 0 Å². The Morgan fingerprint density at radius 1 is 1.50 bits per heavy atom. The Balaban J connectivity index is 2.19. The van der Waals surface area contributed by atoms with Crippen molar-refractivity contribution in [3.8, 4) is 0 Å². The maximum absolute atomic E-state index is 12.5. The third kappa shape index (κ3) is 2.27. The maximum atomic E-state index is 12.5. The summed E-state index contributed by atoms with van der Waals surface area (Å²) >= 11 is 0. The molecule has 0 aromatic carbocycles. The molecule has 0 spiro atoms. The van der Waals surface area contributed by atoms with Crippen LogP contribution in [0.5, 0.6) is 0 Å². The second kappa shape index (κ2) is 5.10. The van der Waals surface area contributed by atoms with Crippen LogP contribution in [0.2, 0.25) is 0 Å². The molecule has 18 heavy (non-hydrogen) atoms. The number of hydrogen-bond donors (Lipinski definition) is 1. The minimum absolute atomic E-state index is 0.0896. The van der Waals surface area contributed by atoms with Gasteiger partial charge >= 0.3 is 0 Å². The van der Waals surface area contributed by atoms with Gasteiger partial charge in [-0.15, -0.1) is 0 Å². The van der Waals surface area contributed by atoms with E-state index in [1.54, 1.807) is 4.68 Å². The number of piperidine rings is 1. The molecule has 0 saturated carbocycles. The van der Waals surface area contributed by atoms with Gasteiger partial charge in [0.1, 0.15) is 0 Å². The second-order valence-electron chi connectivity index (χ2n) is 5.09. The summed E-state index contributed by atoms with van der Waals surface area (Å²) < 4.78 is 1.77. The van der Waals surface area contributed by atoms with Crippen molar-refractivity contribution in [2.24, 2.45) is 7.05 Å². The van der Waals surface area contributed by atoms with Crippen LogP contribution < -0.4 is 5.32 Å². The SMILES string of the molecule is Cc1nn(C)c(C)c1C(=O)N(C)C1CCCNC1. The third-order valence-corrected chi connectivity index (χ3v) is 3.86. The van der Waals surface area contributed by atoms with Crippen LogP contribution in [-0.4, -0.2) is 46.8 Å². The summed E-state index contributed by atoms with van der Waals surface area (Å²) in [5.41, 5.74) is 2.51. The average Bonchev–Trinajstić information content (AvgIpc) is 2.63. The molecule has 0 bridgehead atoms. The van der Waals surface area contributed by atoms with Gasteiger partial charge in [-0.25, -0.2) is 0 Å². The molecule has 1 aliphatic rings. The number of carbonyl (C=O) groups is 1. The van der Waals surface area contributed by atoms with E-state index in [2.05, 4.69) is 10.4 Å². The van der Waals surface area contributed by atoms with Gasteiger partial charge in [-0.05, 0) is 33.2 Å². The number of nitrogens with one attached hydrogen (secondary N) is 1. The molecule has 1 saturated heterocycles.